The Morgan fingerprint density at radius 1 is 1.09 bits per heavy atom. The number of nitrogens with one attached hydrogen (secondary N) is 3. The van der Waals surface area contributed by atoms with Gasteiger partial charge in [-0.25, -0.2) is 4.57 Å². The van der Waals surface area contributed by atoms with Crippen molar-refractivity contribution in [2.45, 2.75) is 109 Å². The summed E-state index contributed by atoms with van der Waals surface area (Å²) in [4.78, 5) is 96.4. The predicted molar refractivity (Wildman–Crippen MR) is 228 cm³/mol. The number of amides is 3. The average molecular weight is 928 g/mol. The smallest absolute Gasteiger partial charge is 0.470 e. The average Bonchev–Trinajstić information content (AvgIpc) is 3.93. The van der Waals surface area contributed by atoms with Gasteiger partial charge in [-0.05, 0) is 79.9 Å². The van der Waals surface area contributed by atoms with Crippen molar-refractivity contribution in [1.29, 1.82) is 0 Å². The first-order valence-electron chi connectivity index (χ1n) is 21.3. The molecule has 1 aromatic heterocycles. The Balaban J connectivity index is 1.10. The van der Waals surface area contributed by atoms with Crippen LogP contribution in [0.2, 0.25) is 0 Å². The molecular weight excluding hydrogens is 874 g/mol. The molecule has 2 aromatic rings. The topological polar surface area (TPSA) is 284 Å². The first kappa shape index (κ1) is 47.5. The van der Waals surface area contributed by atoms with Gasteiger partial charge in [-0.15, -0.1) is 11.3 Å². The van der Waals surface area contributed by atoms with Crippen molar-refractivity contribution in [2.24, 2.45) is 28.6 Å². The molecule has 1 saturated heterocycles. The van der Waals surface area contributed by atoms with Crippen molar-refractivity contribution < 1.29 is 72.4 Å². The minimum Gasteiger partial charge on any atom is -0.481 e. The summed E-state index contributed by atoms with van der Waals surface area (Å²) >= 11 is 1.33. The van der Waals surface area contributed by atoms with Crippen LogP contribution >= 0.6 is 19.2 Å². The maximum atomic E-state index is 14.4. The molecule has 1 aromatic carbocycles. The number of ether oxygens (including phenoxy) is 2. The number of phosphoric acid groups is 1. The number of hydrogen-bond acceptors (Lipinski definition) is 13. The van der Waals surface area contributed by atoms with Crippen LogP contribution in [-0.2, 0) is 60.4 Å². The number of aliphatic carboxylic acids is 1. The summed E-state index contributed by atoms with van der Waals surface area (Å²) in [6.45, 7) is 3.73. The molecule has 4 fully saturated rings. The number of phosphoric ester groups is 1. The van der Waals surface area contributed by atoms with Crippen molar-refractivity contribution in [3.63, 3.8) is 0 Å². The SMILES string of the molecule is CCC(=O)NCC(=O)N[C@@H](CCC(=O)O)C(=O)Nc1cc(Cc2ccc([C@@H]3O[C@@H]4C[C@H]5[C@@H]6CCC7=CC(=O)C=C[C@]7(C)[C@H]6[C@@H](O)C[C@]5(C)[C@]4(C(=O)COP(=O)(O)O)O3)s2)ccc1CO. The molecule has 7 rings (SSSR count). The summed E-state index contributed by atoms with van der Waals surface area (Å²) < 4.78 is 30.0. The van der Waals surface area contributed by atoms with Gasteiger partial charge in [-0.1, -0.05) is 44.6 Å². The second-order valence-corrected chi connectivity index (χ2v) is 20.2. The van der Waals surface area contributed by atoms with Crippen molar-refractivity contribution in [1.82, 2.24) is 10.6 Å². The van der Waals surface area contributed by atoms with Gasteiger partial charge in [0.1, 0.15) is 12.6 Å². The van der Waals surface area contributed by atoms with Gasteiger partial charge in [0.25, 0.3) is 0 Å². The van der Waals surface area contributed by atoms with E-state index in [2.05, 4.69) is 16.0 Å². The third-order valence-electron chi connectivity index (χ3n) is 14.0. The molecule has 64 heavy (non-hydrogen) atoms. The normalized spacial score (nSPS) is 30.9. The van der Waals surface area contributed by atoms with Crippen LogP contribution in [0.1, 0.15) is 92.9 Å². The fourth-order valence-corrected chi connectivity index (χ4v) is 12.4. The van der Waals surface area contributed by atoms with Crippen LogP contribution in [0.5, 0.6) is 0 Å². The third-order valence-corrected chi connectivity index (χ3v) is 15.5. The largest absolute Gasteiger partial charge is 0.481 e. The van der Waals surface area contributed by atoms with E-state index in [1.165, 1.54) is 11.3 Å². The Kier molecular flexibility index (Phi) is 13.7. The van der Waals surface area contributed by atoms with E-state index < -0.39 is 98.5 Å². The lowest BCUT2D eigenvalue weighted by Gasteiger charge is -2.59. The maximum absolute atomic E-state index is 14.4. The number of benzene rings is 1. The molecule has 2 heterocycles. The van der Waals surface area contributed by atoms with E-state index in [4.69, 9.17) is 14.0 Å². The summed E-state index contributed by atoms with van der Waals surface area (Å²) in [5.74, 6) is -4.31. The highest BCUT2D eigenvalue weighted by molar-refractivity contribution is 7.46. The fourth-order valence-electron chi connectivity index (χ4n) is 11.1. The number of hydrogen-bond donors (Lipinski definition) is 8. The lowest BCUT2D eigenvalue weighted by molar-refractivity contribution is -0.200. The van der Waals surface area contributed by atoms with Crippen LogP contribution in [0.15, 0.2) is 54.1 Å². The first-order chi connectivity index (χ1) is 30.2. The van der Waals surface area contributed by atoms with Gasteiger partial charge in [0.2, 0.25) is 17.7 Å². The van der Waals surface area contributed by atoms with E-state index in [1.54, 1.807) is 43.3 Å². The number of carboxylic acid groups (broad SMARTS) is 1. The van der Waals surface area contributed by atoms with Crippen LogP contribution in [0, 0.1) is 28.6 Å². The summed E-state index contributed by atoms with van der Waals surface area (Å²) in [7, 11) is -5.06. The summed E-state index contributed by atoms with van der Waals surface area (Å²) in [6.07, 6.45) is 3.86. The molecule has 20 heteroatoms. The molecular formula is C44H54N3O15PS. The van der Waals surface area contributed by atoms with Gasteiger partial charge < -0.3 is 50.5 Å². The zero-order valence-electron chi connectivity index (χ0n) is 35.6. The summed E-state index contributed by atoms with van der Waals surface area (Å²) in [6, 6.07) is 7.39. The lowest BCUT2D eigenvalue weighted by atomic mass is 9.46. The number of thiophene rings is 1. The van der Waals surface area contributed by atoms with E-state index in [0.29, 0.717) is 41.7 Å². The minimum absolute atomic E-state index is 0.0909. The van der Waals surface area contributed by atoms with Gasteiger partial charge in [0, 0.05) is 52.1 Å². The van der Waals surface area contributed by atoms with Gasteiger partial charge in [-0.3, -0.25) is 33.3 Å². The molecule has 18 nitrogen and oxygen atoms in total. The zero-order chi connectivity index (χ0) is 46.4. The van der Waals surface area contributed by atoms with E-state index in [9.17, 15) is 58.4 Å². The molecule has 5 aliphatic rings. The Morgan fingerprint density at radius 3 is 2.56 bits per heavy atom. The van der Waals surface area contributed by atoms with Gasteiger partial charge in [0.05, 0.1) is 30.2 Å². The number of fused-ring (bicyclic) bond motifs is 7. The number of aliphatic hydroxyl groups is 2. The molecule has 3 saturated carbocycles. The maximum Gasteiger partial charge on any atom is 0.470 e. The van der Waals surface area contributed by atoms with Gasteiger partial charge in [-0.2, -0.15) is 0 Å². The molecule has 8 N–H and O–H groups in total. The molecule has 0 unspecified atom stereocenters. The summed E-state index contributed by atoms with van der Waals surface area (Å²) in [5.41, 5.74) is -1.09. The highest BCUT2D eigenvalue weighted by Crippen LogP contribution is 2.70. The minimum atomic E-state index is -5.06. The van der Waals surface area contributed by atoms with Crippen molar-refractivity contribution in [3.8, 4) is 0 Å². The first-order valence-corrected chi connectivity index (χ1v) is 23.6. The molecule has 0 spiro atoms. The monoisotopic (exact) mass is 927 g/mol. The Morgan fingerprint density at radius 2 is 1.86 bits per heavy atom. The van der Waals surface area contributed by atoms with Crippen molar-refractivity contribution in [2.75, 3.05) is 18.5 Å². The molecule has 3 amide bonds. The quantitative estimate of drug-likeness (QED) is 0.106. The zero-order valence-corrected chi connectivity index (χ0v) is 37.3. The molecule has 0 radical (unpaired) electrons. The fraction of sp³-hybridized carbons (Fsp3) is 0.545. The number of aliphatic hydroxyl groups excluding tert-OH is 2. The highest BCUT2D eigenvalue weighted by atomic mass is 32.1. The number of Topliss-reactive ketones (excluding diaryl/α,β-unsaturated/α-hetero) is 1. The lowest BCUT2D eigenvalue weighted by Crippen LogP contribution is -2.63. The number of allylic oxidation sites excluding steroid dienone is 4. The number of rotatable bonds is 17. The number of ketones is 2. The Hall–Kier alpha value is -4.43. The molecule has 10 atom stereocenters. The van der Waals surface area contributed by atoms with Gasteiger partial charge in [0.15, 0.2) is 23.5 Å². The van der Waals surface area contributed by atoms with Crippen LogP contribution < -0.4 is 16.0 Å². The number of carbonyl (C=O) groups is 6. The second-order valence-electron chi connectivity index (χ2n) is 17.7. The number of anilines is 1. The highest BCUT2D eigenvalue weighted by Gasteiger charge is 2.76. The Bertz CT molecular complexity index is 2330. The van der Waals surface area contributed by atoms with Crippen LogP contribution in [0.4, 0.5) is 5.69 Å². The summed E-state index contributed by atoms with van der Waals surface area (Å²) in [5, 5.41) is 39.0. The Labute approximate surface area is 373 Å². The standard InChI is InChI=1S/C44H54N3O15PS/c1-4-36(52)45-20-37(53)46-30(10-12-38(54)55)40(56)47-31-16-23(5-6-24(31)21-48)15-27-8-11-33(64-27)41-61-35-18-29-28-9-7-25-17-26(49)13-14-42(25,2)39(28)32(50)19-43(29,3)44(35,62-41)34(51)22-60-63(57,58)59/h5-6,8,11,13-14,16-17,28-30,32,35,39,41,48,50H,4,7,9-10,12,15,18-22H2,1-3H3,(H,45,52)(H,46,53)(H,47,56)(H,54,55)(H2,57,58,59)/t28-,29-,30-,32-,35+,39+,41+,42-,43-,44+/m0/s1. The van der Waals surface area contributed by atoms with Crippen LogP contribution in [0.25, 0.3) is 0 Å². The number of carboxylic acids is 1. The van der Waals surface area contributed by atoms with E-state index >= 15 is 0 Å². The van der Waals surface area contributed by atoms with Crippen molar-refractivity contribution >= 4 is 60.1 Å². The molecule has 1 aliphatic heterocycles. The molecule has 346 valence electrons. The molecule has 4 aliphatic carbocycles. The number of carbonyl (C=O) groups excluding carboxylic acids is 5. The third kappa shape index (κ3) is 9.19. The van der Waals surface area contributed by atoms with Crippen LogP contribution in [0.3, 0.4) is 0 Å². The molecule has 0 bridgehead atoms. The van der Waals surface area contributed by atoms with Crippen molar-refractivity contribution in [3.05, 3.63) is 75.0 Å². The van der Waals surface area contributed by atoms with Gasteiger partial charge >= 0.3 is 13.8 Å². The predicted octanol–water partition coefficient (Wildman–Crippen LogP) is 3.37. The van der Waals surface area contributed by atoms with E-state index in [-0.39, 0.29) is 54.4 Å². The van der Waals surface area contributed by atoms with Crippen LogP contribution in [-0.4, -0.2) is 97.4 Å². The van der Waals surface area contributed by atoms with E-state index in [1.807, 2.05) is 26.0 Å². The second kappa shape index (κ2) is 18.5. The van der Waals surface area contributed by atoms with E-state index in [0.717, 1.165) is 10.5 Å².